The molecule has 8 nitrogen and oxygen atoms in total. The van der Waals surface area contributed by atoms with Crippen LogP contribution in [0.25, 0.3) is 6.08 Å². The second kappa shape index (κ2) is 13.9. The van der Waals surface area contributed by atoms with E-state index in [1.54, 1.807) is 54.6 Å². The Morgan fingerprint density at radius 1 is 0.932 bits per heavy atom. The van der Waals surface area contributed by atoms with Crippen LogP contribution in [0.15, 0.2) is 76.2 Å². The first-order valence-electron chi connectivity index (χ1n) is 13.6. The number of carbonyl (C=O) groups excluding carboxylic acids is 1. The third-order valence-electron chi connectivity index (χ3n) is 6.64. The Morgan fingerprint density at radius 2 is 1.68 bits per heavy atom. The highest BCUT2D eigenvalue weighted by atomic mass is 35.5. The van der Waals surface area contributed by atoms with Crippen LogP contribution in [0.5, 0.6) is 17.2 Å². The quantitative estimate of drug-likeness (QED) is 0.182. The number of benzene rings is 3. The third-order valence-corrected chi connectivity index (χ3v) is 8.62. The van der Waals surface area contributed by atoms with Gasteiger partial charge in [-0.3, -0.25) is 9.36 Å². The van der Waals surface area contributed by atoms with Crippen molar-refractivity contribution in [3.8, 4) is 17.2 Å². The first kappa shape index (κ1) is 31.7. The molecule has 0 radical (unpaired) electrons. The largest absolute Gasteiger partial charge is 0.490 e. The number of aromatic nitrogens is 1. The Bertz CT molecular complexity index is 1940. The smallest absolute Gasteiger partial charge is 0.337 e. The maximum Gasteiger partial charge on any atom is 0.337 e. The summed E-state index contributed by atoms with van der Waals surface area (Å²) < 4.78 is 24.5. The van der Waals surface area contributed by atoms with Gasteiger partial charge < -0.3 is 18.9 Å². The topological polar surface area (TPSA) is 88.4 Å². The molecule has 0 amide bonds. The minimum atomic E-state index is -0.819. The SMILES string of the molecule is CCOc1ccc([C@H]2C(C(=O)OC)=CN=c3s/c(=C/c4cc(Cl)ccc4OCc4ccc(Cl)c(Cl)c4)c(=O)n32)cc1OCC. The zero-order valence-electron chi connectivity index (χ0n) is 23.9. The van der Waals surface area contributed by atoms with E-state index >= 15 is 0 Å². The summed E-state index contributed by atoms with van der Waals surface area (Å²) in [5, 5.41) is 1.34. The van der Waals surface area contributed by atoms with E-state index in [1.165, 1.54) is 29.2 Å². The molecule has 0 N–H and O–H groups in total. The molecule has 1 aliphatic rings. The monoisotopic (exact) mass is 672 g/mol. The lowest BCUT2D eigenvalue weighted by atomic mass is 9.97. The lowest BCUT2D eigenvalue weighted by Gasteiger charge is -2.23. The molecule has 44 heavy (non-hydrogen) atoms. The fourth-order valence-electron chi connectivity index (χ4n) is 4.68. The normalized spacial score (nSPS) is 14.4. The zero-order valence-corrected chi connectivity index (χ0v) is 27.0. The number of fused-ring (bicyclic) bond motifs is 1. The summed E-state index contributed by atoms with van der Waals surface area (Å²) in [7, 11) is 1.29. The van der Waals surface area contributed by atoms with Gasteiger partial charge in [-0.25, -0.2) is 9.79 Å². The molecule has 3 aromatic carbocycles. The summed E-state index contributed by atoms with van der Waals surface area (Å²) in [5.74, 6) is 0.958. The van der Waals surface area contributed by atoms with Gasteiger partial charge in [-0.15, -0.1) is 0 Å². The van der Waals surface area contributed by atoms with Crippen molar-refractivity contribution in [3.05, 3.63) is 118 Å². The molecule has 0 aliphatic carbocycles. The number of ether oxygens (including phenoxy) is 4. The Morgan fingerprint density at radius 3 is 2.41 bits per heavy atom. The van der Waals surface area contributed by atoms with E-state index in [0.29, 0.717) is 66.0 Å². The molecule has 0 saturated heterocycles. The second-order valence-electron chi connectivity index (χ2n) is 9.47. The molecule has 1 aliphatic heterocycles. The zero-order chi connectivity index (χ0) is 31.4. The Hall–Kier alpha value is -3.76. The molecule has 228 valence electrons. The minimum Gasteiger partial charge on any atom is -0.490 e. The first-order valence-corrected chi connectivity index (χ1v) is 15.5. The van der Waals surface area contributed by atoms with Crippen molar-refractivity contribution in [3.63, 3.8) is 0 Å². The average Bonchev–Trinajstić information content (AvgIpc) is 3.33. The van der Waals surface area contributed by atoms with E-state index in [2.05, 4.69) is 4.99 Å². The van der Waals surface area contributed by atoms with E-state index in [1.807, 2.05) is 19.9 Å². The molecule has 0 fully saturated rings. The van der Waals surface area contributed by atoms with Crippen LogP contribution in [-0.2, 0) is 16.1 Å². The summed E-state index contributed by atoms with van der Waals surface area (Å²) in [6.45, 7) is 4.81. The van der Waals surface area contributed by atoms with Crippen LogP contribution in [0.2, 0.25) is 15.1 Å². The molecule has 4 aromatic rings. The number of rotatable bonds is 10. The highest BCUT2D eigenvalue weighted by Gasteiger charge is 2.31. The van der Waals surface area contributed by atoms with Crippen LogP contribution in [0.1, 0.15) is 36.6 Å². The molecule has 0 unspecified atom stereocenters. The maximum atomic E-state index is 14.0. The lowest BCUT2D eigenvalue weighted by molar-refractivity contribution is -0.136. The van der Waals surface area contributed by atoms with E-state index in [9.17, 15) is 9.59 Å². The van der Waals surface area contributed by atoms with Gasteiger partial charge in [-0.05, 0) is 73.5 Å². The van der Waals surface area contributed by atoms with Gasteiger partial charge in [0, 0.05) is 16.8 Å². The van der Waals surface area contributed by atoms with Crippen molar-refractivity contribution < 1.29 is 23.7 Å². The van der Waals surface area contributed by atoms with E-state index < -0.39 is 12.0 Å². The fraction of sp³-hybridized carbons (Fsp3) is 0.219. The molecule has 5 rings (SSSR count). The number of thiazole rings is 1. The van der Waals surface area contributed by atoms with Gasteiger partial charge >= 0.3 is 5.97 Å². The van der Waals surface area contributed by atoms with Gasteiger partial charge in [-0.1, -0.05) is 58.3 Å². The standard InChI is InChI=1S/C32H27Cl3N2O6S/c1-4-41-26-10-7-19(14-27(26)42-5-2)29-22(31(39)40-3)16-36-32-37(29)30(38)28(44-32)15-20-13-21(33)8-11-25(20)43-17-18-6-9-23(34)24(35)12-18/h6-16,29H,4-5,17H2,1-3H3/b28-15+/t29-/m0/s1. The number of carbonyl (C=O) groups is 1. The van der Waals surface area contributed by atoms with E-state index in [-0.39, 0.29) is 17.7 Å². The minimum absolute atomic E-state index is 0.200. The van der Waals surface area contributed by atoms with Crippen LogP contribution >= 0.6 is 46.1 Å². The number of esters is 1. The third kappa shape index (κ3) is 6.66. The Balaban J connectivity index is 1.59. The van der Waals surface area contributed by atoms with Crippen LogP contribution in [0.3, 0.4) is 0 Å². The van der Waals surface area contributed by atoms with Gasteiger partial charge in [0.05, 0.1) is 46.5 Å². The number of halogens is 3. The van der Waals surface area contributed by atoms with Crippen molar-refractivity contribution in [2.45, 2.75) is 26.5 Å². The Kier molecular flexibility index (Phi) is 10.0. The molecular weight excluding hydrogens is 647 g/mol. The van der Waals surface area contributed by atoms with Gasteiger partial charge in [0.2, 0.25) is 0 Å². The van der Waals surface area contributed by atoms with E-state index in [4.69, 9.17) is 53.8 Å². The molecule has 1 atom stereocenters. The number of hydrogen-bond acceptors (Lipinski definition) is 8. The summed E-state index contributed by atoms with van der Waals surface area (Å²) >= 11 is 19.7. The average molecular weight is 674 g/mol. The summed E-state index contributed by atoms with van der Waals surface area (Å²) in [6, 6.07) is 14.9. The highest BCUT2D eigenvalue weighted by molar-refractivity contribution is 7.07. The van der Waals surface area contributed by atoms with Gasteiger partial charge in [-0.2, -0.15) is 0 Å². The van der Waals surface area contributed by atoms with Crippen LogP contribution in [0, 0.1) is 0 Å². The van der Waals surface area contributed by atoms with E-state index in [0.717, 1.165) is 5.56 Å². The first-order chi connectivity index (χ1) is 21.2. The number of hydrogen-bond donors (Lipinski definition) is 0. The molecule has 2 heterocycles. The fourth-order valence-corrected chi connectivity index (χ4v) is 6.14. The molecule has 12 heteroatoms. The lowest BCUT2D eigenvalue weighted by Crippen LogP contribution is -2.39. The second-order valence-corrected chi connectivity index (χ2v) is 11.7. The molecule has 0 bridgehead atoms. The molecule has 1 aromatic heterocycles. The molecule has 0 spiro atoms. The summed E-state index contributed by atoms with van der Waals surface area (Å²) in [6.07, 6.45) is 3.14. The van der Waals surface area contributed by atoms with Crippen LogP contribution in [0.4, 0.5) is 0 Å². The van der Waals surface area contributed by atoms with Crippen LogP contribution in [-0.4, -0.2) is 30.9 Å². The number of nitrogens with zero attached hydrogens (tertiary/aromatic N) is 2. The summed E-state index contributed by atoms with van der Waals surface area (Å²) in [4.78, 5) is 31.8. The van der Waals surface area contributed by atoms with Gasteiger partial charge in [0.25, 0.3) is 5.56 Å². The van der Waals surface area contributed by atoms with Crippen molar-refractivity contribution in [2.75, 3.05) is 20.3 Å². The highest BCUT2D eigenvalue weighted by Crippen LogP contribution is 2.35. The summed E-state index contributed by atoms with van der Waals surface area (Å²) in [5.41, 5.74) is 1.88. The van der Waals surface area contributed by atoms with Gasteiger partial charge in [0.1, 0.15) is 12.4 Å². The molecular formula is C32H27Cl3N2O6S. The predicted molar refractivity (Wildman–Crippen MR) is 172 cm³/mol. The van der Waals surface area contributed by atoms with Gasteiger partial charge in [0.15, 0.2) is 16.3 Å². The number of methoxy groups -OCH3 is 1. The maximum absolute atomic E-state index is 14.0. The Labute approximate surface area is 272 Å². The van der Waals surface area contributed by atoms with Crippen LogP contribution < -0.4 is 29.1 Å². The van der Waals surface area contributed by atoms with Crippen molar-refractivity contribution in [2.24, 2.45) is 4.99 Å². The van der Waals surface area contributed by atoms with Crippen molar-refractivity contribution in [1.29, 1.82) is 0 Å². The van der Waals surface area contributed by atoms with Crippen molar-refractivity contribution in [1.82, 2.24) is 4.57 Å². The predicted octanol–water partition coefficient (Wildman–Crippen LogP) is 6.35. The van der Waals surface area contributed by atoms with Crippen molar-refractivity contribution >= 4 is 58.2 Å². The molecule has 0 saturated carbocycles.